The van der Waals surface area contributed by atoms with E-state index in [1.165, 1.54) is 24.6 Å². The van der Waals surface area contributed by atoms with Crippen LogP contribution >= 0.6 is 11.8 Å². The Hall–Kier alpha value is -0.450. The monoisotopic (exact) mass is 268 g/mol. The molecule has 0 spiro atoms. The van der Waals surface area contributed by atoms with Gasteiger partial charge in [0.05, 0.1) is 13.1 Å². The zero-order valence-corrected chi connectivity index (χ0v) is 12.5. The van der Waals surface area contributed by atoms with Crippen LogP contribution in [0.25, 0.3) is 0 Å². The minimum Gasteiger partial charge on any atom is -0.463 e. The summed E-state index contributed by atoms with van der Waals surface area (Å²) < 4.78 is 5.87. The van der Waals surface area contributed by atoms with Crippen molar-refractivity contribution in [3.63, 3.8) is 0 Å². The fourth-order valence-electron chi connectivity index (χ4n) is 1.93. The largest absolute Gasteiger partial charge is 0.463 e. The highest BCUT2D eigenvalue weighted by atomic mass is 32.2. The summed E-state index contributed by atoms with van der Waals surface area (Å²) in [5.41, 5.74) is 0.136. The molecule has 1 saturated heterocycles. The van der Waals surface area contributed by atoms with Crippen molar-refractivity contribution < 1.29 is 4.42 Å². The van der Waals surface area contributed by atoms with E-state index in [4.69, 9.17) is 4.42 Å². The lowest BCUT2D eigenvalue weighted by Crippen LogP contribution is -2.34. The van der Waals surface area contributed by atoms with Crippen molar-refractivity contribution in [2.45, 2.75) is 39.4 Å². The molecule has 1 N–H and O–H groups in total. The molecule has 102 valence electrons. The van der Waals surface area contributed by atoms with Gasteiger partial charge >= 0.3 is 0 Å². The first-order valence-corrected chi connectivity index (χ1v) is 7.81. The second kappa shape index (κ2) is 6.13. The molecule has 18 heavy (non-hydrogen) atoms. The third-order valence-corrected chi connectivity index (χ3v) is 3.94. The van der Waals surface area contributed by atoms with Gasteiger partial charge in [-0.1, -0.05) is 0 Å². The Morgan fingerprint density at radius 2 is 1.89 bits per heavy atom. The zero-order valence-electron chi connectivity index (χ0n) is 11.7. The van der Waals surface area contributed by atoms with E-state index in [-0.39, 0.29) is 5.54 Å². The second-order valence-corrected chi connectivity index (χ2v) is 7.08. The van der Waals surface area contributed by atoms with Crippen molar-refractivity contribution in [2.24, 2.45) is 0 Å². The lowest BCUT2D eigenvalue weighted by molar-refractivity contribution is 0.262. The van der Waals surface area contributed by atoms with E-state index < -0.39 is 0 Å². The van der Waals surface area contributed by atoms with E-state index >= 15 is 0 Å². The summed E-state index contributed by atoms with van der Waals surface area (Å²) in [4.78, 5) is 2.47. The molecule has 0 saturated carbocycles. The standard InChI is InChI=1S/C14H24N2OS/c1-14(2,3)15-10-12-4-5-13(17-12)11-16-6-8-18-9-7-16/h4-5,15H,6-11H2,1-3H3. The van der Waals surface area contributed by atoms with Gasteiger partial charge in [0.1, 0.15) is 11.5 Å². The molecule has 2 rings (SSSR count). The molecule has 0 aliphatic carbocycles. The molecule has 0 unspecified atom stereocenters. The van der Waals surface area contributed by atoms with Gasteiger partial charge in [-0.15, -0.1) is 0 Å². The van der Waals surface area contributed by atoms with Crippen molar-refractivity contribution in [1.29, 1.82) is 0 Å². The van der Waals surface area contributed by atoms with Gasteiger partial charge in [0.25, 0.3) is 0 Å². The van der Waals surface area contributed by atoms with Gasteiger partial charge in [0, 0.05) is 30.1 Å². The lowest BCUT2D eigenvalue weighted by atomic mass is 10.1. The first kappa shape index (κ1) is 14.0. The van der Waals surface area contributed by atoms with Crippen LogP contribution in [0.4, 0.5) is 0 Å². The molecular weight excluding hydrogens is 244 g/mol. The molecule has 3 nitrogen and oxygen atoms in total. The van der Waals surface area contributed by atoms with Crippen LogP contribution in [0.15, 0.2) is 16.5 Å². The molecule has 0 amide bonds. The van der Waals surface area contributed by atoms with Gasteiger partial charge < -0.3 is 9.73 Å². The molecule has 1 fully saturated rings. The Labute approximate surface area is 114 Å². The maximum absolute atomic E-state index is 5.87. The van der Waals surface area contributed by atoms with Crippen LogP contribution in [0.5, 0.6) is 0 Å². The van der Waals surface area contributed by atoms with Crippen molar-refractivity contribution in [3.8, 4) is 0 Å². The van der Waals surface area contributed by atoms with Crippen molar-refractivity contribution in [2.75, 3.05) is 24.6 Å². The van der Waals surface area contributed by atoms with E-state index in [0.29, 0.717) is 0 Å². The third-order valence-electron chi connectivity index (χ3n) is 2.99. The first-order valence-electron chi connectivity index (χ1n) is 6.66. The van der Waals surface area contributed by atoms with Crippen LogP contribution in [0.3, 0.4) is 0 Å². The average molecular weight is 268 g/mol. The summed E-state index contributed by atoms with van der Waals surface area (Å²) in [6.45, 7) is 10.6. The van der Waals surface area contributed by atoms with Gasteiger partial charge in [0.2, 0.25) is 0 Å². The number of furan rings is 1. The maximum Gasteiger partial charge on any atom is 0.118 e. The van der Waals surface area contributed by atoms with Gasteiger partial charge in [-0.05, 0) is 32.9 Å². The fraction of sp³-hybridized carbons (Fsp3) is 0.714. The van der Waals surface area contributed by atoms with E-state index in [0.717, 1.165) is 24.6 Å². The SMILES string of the molecule is CC(C)(C)NCc1ccc(CN2CCSCC2)o1. The zero-order chi connectivity index (χ0) is 13.0. The summed E-state index contributed by atoms with van der Waals surface area (Å²) in [6, 6.07) is 4.20. The van der Waals surface area contributed by atoms with E-state index in [9.17, 15) is 0 Å². The molecular formula is C14H24N2OS. The van der Waals surface area contributed by atoms with Crippen LogP contribution in [0.1, 0.15) is 32.3 Å². The molecule has 0 bridgehead atoms. The molecule has 0 radical (unpaired) electrons. The topological polar surface area (TPSA) is 28.4 Å². The molecule has 0 atom stereocenters. The summed E-state index contributed by atoms with van der Waals surface area (Å²) in [5, 5.41) is 3.44. The van der Waals surface area contributed by atoms with Crippen LogP contribution in [-0.4, -0.2) is 35.0 Å². The van der Waals surface area contributed by atoms with Gasteiger partial charge in [0.15, 0.2) is 0 Å². The Morgan fingerprint density at radius 1 is 1.22 bits per heavy atom. The van der Waals surface area contributed by atoms with Crippen molar-refractivity contribution in [3.05, 3.63) is 23.7 Å². The summed E-state index contributed by atoms with van der Waals surface area (Å²) in [5.74, 6) is 4.62. The summed E-state index contributed by atoms with van der Waals surface area (Å²) >= 11 is 2.04. The lowest BCUT2D eigenvalue weighted by Gasteiger charge is -2.25. The number of hydrogen-bond donors (Lipinski definition) is 1. The predicted octanol–water partition coefficient (Wildman–Crippen LogP) is 2.72. The quantitative estimate of drug-likeness (QED) is 0.909. The summed E-state index contributed by atoms with van der Waals surface area (Å²) in [6.07, 6.45) is 0. The predicted molar refractivity (Wildman–Crippen MR) is 77.9 cm³/mol. The van der Waals surface area contributed by atoms with E-state index in [2.05, 4.69) is 43.1 Å². The molecule has 1 aromatic rings. The van der Waals surface area contributed by atoms with Crippen LogP contribution in [0.2, 0.25) is 0 Å². The fourth-order valence-corrected chi connectivity index (χ4v) is 2.91. The van der Waals surface area contributed by atoms with Crippen LogP contribution < -0.4 is 5.32 Å². The smallest absolute Gasteiger partial charge is 0.118 e. The number of hydrogen-bond acceptors (Lipinski definition) is 4. The van der Waals surface area contributed by atoms with Gasteiger partial charge in [-0.25, -0.2) is 0 Å². The van der Waals surface area contributed by atoms with Crippen molar-refractivity contribution >= 4 is 11.8 Å². The highest BCUT2D eigenvalue weighted by Crippen LogP contribution is 2.15. The molecule has 2 heterocycles. The number of nitrogens with zero attached hydrogens (tertiary/aromatic N) is 1. The van der Waals surface area contributed by atoms with Gasteiger partial charge in [-0.2, -0.15) is 11.8 Å². The van der Waals surface area contributed by atoms with E-state index in [1.54, 1.807) is 0 Å². The second-order valence-electron chi connectivity index (χ2n) is 5.86. The minimum atomic E-state index is 0.136. The normalized spacial score (nSPS) is 18.2. The molecule has 1 aliphatic rings. The third kappa shape index (κ3) is 4.67. The van der Waals surface area contributed by atoms with E-state index in [1.807, 2.05) is 11.8 Å². The van der Waals surface area contributed by atoms with Crippen molar-refractivity contribution in [1.82, 2.24) is 10.2 Å². The highest BCUT2D eigenvalue weighted by molar-refractivity contribution is 7.99. The maximum atomic E-state index is 5.87. The Kier molecular flexibility index (Phi) is 4.76. The Morgan fingerprint density at radius 3 is 2.56 bits per heavy atom. The minimum absolute atomic E-state index is 0.136. The number of rotatable bonds is 4. The molecule has 0 aromatic carbocycles. The molecule has 1 aliphatic heterocycles. The van der Waals surface area contributed by atoms with Gasteiger partial charge in [-0.3, -0.25) is 4.90 Å². The number of thioether (sulfide) groups is 1. The van der Waals surface area contributed by atoms with Crippen LogP contribution in [-0.2, 0) is 13.1 Å². The Bertz CT molecular complexity index is 364. The number of nitrogens with one attached hydrogen (secondary N) is 1. The first-order chi connectivity index (χ1) is 8.53. The average Bonchev–Trinajstić information content (AvgIpc) is 2.75. The van der Waals surface area contributed by atoms with Crippen LogP contribution in [0, 0.1) is 0 Å². The molecule has 1 aromatic heterocycles. The highest BCUT2D eigenvalue weighted by Gasteiger charge is 2.14. The molecule has 4 heteroatoms. The Balaban J connectivity index is 1.82. The summed E-state index contributed by atoms with van der Waals surface area (Å²) in [7, 11) is 0.